The molecule has 3 nitrogen and oxygen atoms in total. The van der Waals surface area contributed by atoms with Gasteiger partial charge in [-0.05, 0) is 41.5 Å². The van der Waals surface area contributed by atoms with E-state index in [1.54, 1.807) is 17.8 Å². The van der Waals surface area contributed by atoms with Crippen LogP contribution in [0.15, 0.2) is 94.7 Å². The van der Waals surface area contributed by atoms with Crippen molar-refractivity contribution in [3.63, 3.8) is 0 Å². The van der Waals surface area contributed by atoms with Gasteiger partial charge in [0.15, 0.2) is 0 Å². The van der Waals surface area contributed by atoms with Crippen LogP contribution in [0, 0.1) is 5.92 Å². The molecular weight excluding hydrogens is 380 g/mol. The van der Waals surface area contributed by atoms with Crippen molar-refractivity contribution in [1.29, 1.82) is 0 Å². The van der Waals surface area contributed by atoms with Gasteiger partial charge in [-0.1, -0.05) is 79.4 Å². The van der Waals surface area contributed by atoms with Crippen LogP contribution in [-0.4, -0.2) is 22.9 Å². The Kier molecular flexibility index (Phi) is 7.94. The zero-order valence-corrected chi connectivity index (χ0v) is 17.3. The van der Waals surface area contributed by atoms with Crippen LogP contribution in [-0.2, 0) is 6.61 Å². The Hall–Kier alpha value is -2.53. The molecule has 4 heteroatoms. The first kappa shape index (κ1) is 21.2. The molecule has 0 radical (unpaired) electrons. The molecule has 29 heavy (non-hydrogen) atoms. The summed E-state index contributed by atoms with van der Waals surface area (Å²) in [6.45, 7) is 2.33. The Morgan fingerprint density at radius 1 is 0.931 bits per heavy atom. The zero-order valence-electron chi connectivity index (χ0n) is 16.4. The van der Waals surface area contributed by atoms with Gasteiger partial charge in [0.25, 0.3) is 0 Å². The van der Waals surface area contributed by atoms with Gasteiger partial charge in [-0.3, -0.25) is 0 Å². The summed E-state index contributed by atoms with van der Waals surface area (Å²) < 4.78 is 5.91. The van der Waals surface area contributed by atoms with Crippen molar-refractivity contribution in [2.24, 2.45) is 5.92 Å². The van der Waals surface area contributed by atoms with Crippen molar-refractivity contribution < 1.29 is 14.9 Å². The van der Waals surface area contributed by atoms with Crippen LogP contribution in [0.3, 0.4) is 0 Å². The maximum absolute atomic E-state index is 9.91. The predicted octanol–water partition coefficient (Wildman–Crippen LogP) is 5.42. The van der Waals surface area contributed by atoms with Crippen LogP contribution < -0.4 is 4.74 Å². The standard InChI is InChI=1S/C25H26O3S/c1-19(17-26)25(27)15-12-20-10-13-23(14-11-20)29-24-9-5-8-22(16-24)28-18-21-6-3-2-4-7-21/h2-16,19,25-27H,17-18H2,1H3/b15-12+/t19?,25-/m0/s1. The van der Waals surface area contributed by atoms with Gasteiger partial charge in [0.1, 0.15) is 12.4 Å². The monoisotopic (exact) mass is 406 g/mol. The number of aliphatic hydroxyl groups is 2. The van der Waals surface area contributed by atoms with E-state index in [0.29, 0.717) is 6.61 Å². The summed E-state index contributed by atoms with van der Waals surface area (Å²) in [6, 6.07) is 26.4. The molecule has 0 aliphatic carbocycles. The second-order valence-corrected chi connectivity index (χ2v) is 8.08. The molecule has 2 N–H and O–H groups in total. The summed E-state index contributed by atoms with van der Waals surface area (Å²) in [5.41, 5.74) is 2.16. The van der Waals surface area contributed by atoms with Crippen LogP contribution in [0.1, 0.15) is 18.1 Å². The predicted molar refractivity (Wildman–Crippen MR) is 119 cm³/mol. The quantitative estimate of drug-likeness (QED) is 0.498. The molecule has 3 aromatic carbocycles. The van der Waals surface area contributed by atoms with Gasteiger partial charge in [0.2, 0.25) is 0 Å². The first-order chi connectivity index (χ1) is 14.1. The first-order valence-corrected chi connectivity index (χ1v) is 10.5. The minimum Gasteiger partial charge on any atom is -0.489 e. The molecule has 2 atom stereocenters. The minimum absolute atomic E-state index is 0.0325. The third-order valence-electron chi connectivity index (χ3n) is 4.53. The lowest BCUT2D eigenvalue weighted by atomic mass is 10.0. The van der Waals surface area contributed by atoms with Crippen LogP contribution >= 0.6 is 11.8 Å². The molecule has 0 bridgehead atoms. The molecule has 0 aromatic heterocycles. The molecular formula is C25H26O3S. The van der Waals surface area contributed by atoms with Crippen molar-refractivity contribution in [2.45, 2.75) is 29.4 Å². The second kappa shape index (κ2) is 10.9. The van der Waals surface area contributed by atoms with Gasteiger partial charge in [-0.2, -0.15) is 0 Å². The van der Waals surface area contributed by atoms with E-state index < -0.39 is 6.10 Å². The highest BCUT2D eigenvalue weighted by Crippen LogP contribution is 2.30. The molecule has 0 amide bonds. The molecule has 150 valence electrons. The third-order valence-corrected chi connectivity index (χ3v) is 5.52. The number of ether oxygens (including phenoxy) is 1. The van der Waals surface area contributed by atoms with Gasteiger partial charge in [-0.25, -0.2) is 0 Å². The van der Waals surface area contributed by atoms with E-state index in [-0.39, 0.29) is 12.5 Å². The van der Waals surface area contributed by atoms with E-state index in [0.717, 1.165) is 26.7 Å². The van der Waals surface area contributed by atoms with Gasteiger partial charge in [-0.15, -0.1) is 0 Å². The lowest BCUT2D eigenvalue weighted by Gasteiger charge is -2.11. The van der Waals surface area contributed by atoms with Crippen molar-refractivity contribution in [3.05, 3.63) is 96.1 Å². The number of benzene rings is 3. The van der Waals surface area contributed by atoms with Crippen LogP contribution in [0.2, 0.25) is 0 Å². The smallest absolute Gasteiger partial charge is 0.120 e. The Balaban J connectivity index is 1.58. The maximum atomic E-state index is 9.91. The zero-order chi connectivity index (χ0) is 20.5. The highest BCUT2D eigenvalue weighted by atomic mass is 32.2. The van der Waals surface area contributed by atoms with Crippen LogP contribution in [0.5, 0.6) is 5.75 Å². The Morgan fingerprint density at radius 3 is 2.41 bits per heavy atom. The normalized spacial score (nSPS) is 13.3. The molecule has 0 heterocycles. The molecule has 0 saturated carbocycles. The van der Waals surface area contributed by atoms with E-state index in [1.165, 1.54) is 0 Å². The largest absolute Gasteiger partial charge is 0.489 e. The minimum atomic E-state index is -0.646. The number of hydrogen-bond acceptors (Lipinski definition) is 4. The Bertz CT molecular complexity index is 907. The first-order valence-electron chi connectivity index (χ1n) is 9.66. The number of rotatable bonds is 9. The van der Waals surface area contributed by atoms with Gasteiger partial charge in [0, 0.05) is 22.3 Å². The van der Waals surface area contributed by atoms with Gasteiger partial charge < -0.3 is 14.9 Å². The maximum Gasteiger partial charge on any atom is 0.120 e. The number of aliphatic hydroxyl groups excluding tert-OH is 2. The van der Waals surface area contributed by atoms with Crippen molar-refractivity contribution in [3.8, 4) is 5.75 Å². The van der Waals surface area contributed by atoms with Gasteiger partial charge >= 0.3 is 0 Å². The third kappa shape index (κ3) is 6.79. The summed E-state index contributed by atoms with van der Waals surface area (Å²) in [7, 11) is 0. The summed E-state index contributed by atoms with van der Waals surface area (Å²) >= 11 is 1.68. The summed E-state index contributed by atoms with van der Waals surface area (Å²) in [4.78, 5) is 2.25. The summed E-state index contributed by atoms with van der Waals surface area (Å²) in [5, 5.41) is 19.0. The Morgan fingerprint density at radius 2 is 1.69 bits per heavy atom. The van der Waals surface area contributed by atoms with Crippen molar-refractivity contribution in [1.82, 2.24) is 0 Å². The molecule has 0 saturated heterocycles. The number of hydrogen-bond donors (Lipinski definition) is 2. The molecule has 0 aliphatic heterocycles. The van der Waals surface area contributed by atoms with Crippen LogP contribution in [0.4, 0.5) is 0 Å². The molecule has 1 unspecified atom stereocenters. The van der Waals surface area contributed by atoms with Crippen LogP contribution in [0.25, 0.3) is 6.08 Å². The molecule has 3 aromatic rings. The molecule has 0 fully saturated rings. The van der Waals surface area contributed by atoms with Gasteiger partial charge in [0.05, 0.1) is 6.10 Å². The lowest BCUT2D eigenvalue weighted by molar-refractivity contribution is 0.112. The fraction of sp³-hybridized carbons (Fsp3) is 0.200. The highest BCUT2D eigenvalue weighted by molar-refractivity contribution is 7.99. The second-order valence-electron chi connectivity index (χ2n) is 6.93. The fourth-order valence-electron chi connectivity index (χ4n) is 2.66. The van der Waals surface area contributed by atoms with E-state index in [1.807, 2.05) is 61.5 Å². The Labute approximate surface area is 176 Å². The summed E-state index contributed by atoms with van der Waals surface area (Å²) in [5.74, 6) is 0.683. The lowest BCUT2D eigenvalue weighted by Crippen LogP contribution is -2.17. The van der Waals surface area contributed by atoms with E-state index in [9.17, 15) is 5.11 Å². The molecule has 0 spiro atoms. The molecule has 0 aliphatic rings. The fourth-order valence-corrected chi connectivity index (χ4v) is 3.52. The van der Waals surface area contributed by atoms with E-state index in [2.05, 4.69) is 30.3 Å². The topological polar surface area (TPSA) is 49.7 Å². The summed E-state index contributed by atoms with van der Waals surface area (Å²) in [6.07, 6.45) is 2.95. The molecule has 3 rings (SSSR count). The average molecular weight is 407 g/mol. The van der Waals surface area contributed by atoms with Crippen molar-refractivity contribution in [2.75, 3.05) is 6.61 Å². The van der Waals surface area contributed by atoms with E-state index >= 15 is 0 Å². The SMILES string of the molecule is CC(CO)[C@@H](O)/C=C/c1ccc(Sc2cccc(OCc3ccccc3)c2)cc1. The van der Waals surface area contributed by atoms with Crippen molar-refractivity contribution >= 4 is 17.8 Å². The average Bonchev–Trinajstić information content (AvgIpc) is 2.77. The highest BCUT2D eigenvalue weighted by Gasteiger charge is 2.08. The van der Waals surface area contributed by atoms with E-state index in [4.69, 9.17) is 9.84 Å².